The van der Waals surface area contributed by atoms with Crippen molar-refractivity contribution in [2.45, 2.75) is 18.4 Å². The summed E-state index contributed by atoms with van der Waals surface area (Å²) >= 11 is 0. The van der Waals surface area contributed by atoms with E-state index >= 15 is 0 Å². The molecule has 0 aromatic heterocycles. The first-order chi connectivity index (χ1) is 7.92. The molecule has 90 valence electrons. The van der Waals surface area contributed by atoms with Gasteiger partial charge in [0.05, 0.1) is 11.2 Å². The van der Waals surface area contributed by atoms with Crippen LogP contribution in [0.1, 0.15) is 23.2 Å². The van der Waals surface area contributed by atoms with E-state index in [9.17, 15) is 14.0 Å². The van der Waals surface area contributed by atoms with E-state index in [0.29, 0.717) is 12.8 Å². The highest BCUT2D eigenvalue weighted by molar-refractivity contribution is 6.01. The summed E-state index contributed by atoms with van der Waals surface area (Å²) in [6.07, 6.45) is 1.16. The van der Waals surface area contributed by atoms with Gasteiger partial charge in [-0.2, -0.15) is 0 Å². The van der Waals surface area contributed by atoms with Gasteiger partial charge < -0.3 is 16.8 Å². The second-order valence-corrected chi connectivity index (χ2v) is 4.17. The summed E-state index contributed by atoms with van der Waals surface area (Å²) in [5, 5.41) is 2.36. The molecule has 5 N–H and O–H groups in total. The number of carbonyl (C=O) groups is 2. The number of hydrogen-bond donors (Lipinski definition) is 3. The number of rotatable bonds is 3. The maximum absolute atomic E-state index is 13.4. The molecule has 0 unspecified atom stereocenters. The van der Waals surface area contributed by atoms with Crippen molar-refractivity contribution in [2.24, 2.45) is 11.5 Å². The molecule has 1 fully saturated rings. The monoisotopic (exact) mass is 237 g/mol. The average Bonchev–Trinajstić information content (AvgIpc) is 3.00. The van der Waals surface area contributed by atoms with Crippen LogP contribution in [0.5, 0.6) is 0 Å². The molecular formula is C11H12FN3O2. The van der Waals surface area contributed by atoms with Crippen LogP contribution >= 0.6 is 0 Å². The average molecular weight is 237 g/mol. The molecule has 2 rings (SSSR count). The summed E-state index contributed by atoms with van der Waals surface area (Å²) in [6, 6.07) is 3.52. The molecule has 0 heterocycles. The van der Waals surface area contributed by atoms with Crippen molar-refractivity contribution in [2.75, 3.05) is 5.32 Å². The van der Waals surface area contributed by atoms with Crippen molar-refractivity contribution in [1.82, 2.24) is 0 Å². The van der Waals surface area contributed by atoms with Crippen LogP contribution < -0.4 is 16.8 Å². The third-order valence-electron chi connectivity index (χ3n) is 2.74. The Morgan fingerprint density at radius 3 is 2.53 bits per heavy atom. The summed E-state index contributed by atoms with van der Waals surface area (Å²) in [6.45, 7) is 0. The minimum atomic E-state index is -0.894. The number of hydrogen-bond acceptors (Lipinski definition) is 3. The molecule has 0 bridgehead atoms. The highest BCUT2D eigenvalue weighted by Crippen LogP contribution is 2.33. The van der Waals surface area contributed by atoms with E-state index in [1.165, 1.54) is 12.1 Å². The normalized spacial score (nSPS) is 16.4. The highest BCUT2D eigenvalue weighted by Gasteiger charge is 2.46. The second-order valence-electron chi connectivity index (χ2n) is 4.17. The van der Waals surface area contributed by atoms with Gasteiger partial charge in [0.1, 0.15) is 5.82 Å². The van der Waals surface area contributed by atoms with E-state index in [1.807, 2.05) is 0 Å². The fraction of sp³-hybridized carbons (Fsp3) is 0.273. The number of nitrogens with two attached hydrogens (primary N) is 2. The maximum Gasteiger partial charge on any atom is 0.248 e. The van der Waals surface area contributed by atoms with E-state index in [4.69, 9.17) is 11.5 Å². The number of amides is 2. The molecule has 6 heteroatoms. The van der Waals surface area contributed by atoms with E-state index in [1.54, 1.807) is 0 Å². The van der Waals surface area contributed by atoms with Crippen LogP contribution in [0.25, 0.3) is 0 Å². The van der Waals surface area contributed by atoms with Gasteiger partial charge in [-0.3, -0.25) is 9.59 Å². The predicted octanol–water partition coefficient (Wildman–Crippen LogP) is 0.354. The molecule has 0 atom stereocenters. The van der Waals surface area contributed by atoms with Crippen LogP contribution in [0.2, 0.25) is 0 Å². The van der Waals surface area contributed by atoms with Crippen LogP contribution in [0, 0.1) is 5.82 Å². The van der Waals surface area contributed by atoms with Crippen LogP contribution in [0.3, 0.4) is 0 Å². The highest BCUT2D eigenvalue weighted by atomic mass is 19.1. The Balaban J connectivity index is 2.22. The van der Waals surface area contributed by atoms with E-state index in [-0.39, 0.29) is 11.3 Å². The van der Waals surface area contributed by atoms with Gasteiger partial charge in [-0.05, 0) is 31.0 Å². The predicted molar refractivity (Wildman–Crippen MR) is 59.7 cm³/mol. The van der Waals surface area contributed by atoms with E-state index in [0.717, 1.165) is 6.07 Å². The molecule has 1 aromatic carbocycles. The Labute approximate surface area is 97.0 Å². The molecule has 1 aromatic rings. The second kappa shape index (κ2) is 3.81. The number of nitrogens with one attached hydrogen (secondary N) is 1. The zero-order valence-electron chi connectivity index (χ0n) is 9.00. The topological polar surface area (TPSA) is 98.2 Å². The molecule has 1 aliphatic rings. The van der Waals surface area contributed by atoms with Gasteiger partial charge in [0.25, 0.3) is 0 Å². The number of benzene rings is 1. The zero-order valence-corrected chi connectivity index (χ0v) is 9.00. The lowest BCUT2D eigenvalue weighted by atomic mass is 10.1. The lowest BCUT2D eigenvalue weighted by molar-refractivity contribution is -0.118. The molecule has 0 aliphatic heterocycles. The minimum Gasteiger partial charge on any atom is -0.366 e. The smallest absolute Gasteiger partial charge is 0.248 e. The Kier molecular flexibility index (Phi) is 2.59. The first kappa shape index (κ1) is 11.5. The third kappa shape index (κ3) is 2.26. The van der Waals surface area contributed by atoms with Crippen LogP contribution in [0.15, 0.2) is 18.2 Å². The fourth-order valence-corrected chi connectivity index (χ4v) is 1.38. The molecule has 1 saturated carbocycles. The van der Waals surface area contributed by atoms with Crippen LogP contribution in [0.4, 0.5) is 10.1 Å². The van der Waals surface area contributed by atoms with Crippen molar-refractivity contribution in [3.63, 3.8) is 0 Å². The molecular weight excluding hydrogens is 225 g/mol. The lowest BCUT2D eigenvalue weighted by Gasteiger charge is -2.11. The molecule has 5 nitrogen and oxygen atoms in total. The van der Waals surface area contributed by atoms with Gasteiger partial charge in [-0.25, -0.2) is 4.39 Å². The largest absolute Gasteiger partial charge is 0.366 e. The van der Waals surface area contributed by atoms with E-state index in [2.05, 4.69) is 5.32 Å². The van der Waals surface area contributed by atoms with E-state index < -0.39 is 23.2 Å². The van der Waals surface area contributed by atoms with Crippen LogP contribution in [-0.4, -0.2) is 17.4 Å². The van der Waals surface area contributed by atoms with Gasteiger partial charge in [-0.1, -0.05) is 0 Å². The molecule has 2 amide bonds. The lowest BCUT2D eigenvalue weighted by Crippen LogP contribution is -2.38. The third-order valence-corrected chi connectivity index (χ3v) is 2.74. The molecule has 0 radical (unpaired) electrons. The van der Waals surface area contributed by atoms with Gasteiger partial charge >= 0.3 is 0 Å². The van der Waals surface area contributed by atoms with Gasteiger partial charge in [-0.15, -0.1) is 0 Å². The van der Waals surface area contributed by atoms with Crippen molar-refractivity contribution in [1.29, 1.82) is 0 Å². The maximum atomic E-state index is 13.4. The SMILES string of the molecule is NC(=O)c1ccc(F)c(NC(=O)C2(N)CC2)c1. The number of anilines is 1. The van der Waals surface area contributed by atoms with Crippen molar-refractivity contribution in [3.05, 3.63) is 29.6 Å². The number of halogens is 1. The summed E-state index contributed by atoms with van der Waals surface area (Å²) in [4.78, 5) is 22.5. The quantitative estimate of drug-likeness (QED) is 0.707. The standard InChI is InChI=1S/C11H12FN3O2/c12-7-2-1-6(9(13)16)5-8(7)15-10(17)11(14)3-4-11/h1-2,5H,3-4,14H2,(H2,13,16)(H,15,17). The van der Waals surface area contributed by atoms with Gasteiger partial charge in [0.15, 0.2) is 0 Å². The first-order valence-electron chi connectivity index (χ1n) is 5.12. The summed E-state index contributed by atoms with van der Waals surface area (Å²) in [5.74, 6) is -1.76. The Morgan fingerprint density at radius 2 is 2.00 bits per heavy atom. The number of carbonyl (C=O) groups excluding carboxylic acids is 2. The first-order valence-corrected chi connectivity index (χ1v) is 5.12. The zero-order chi connectivity index (χ0) is 12.6. The molecule has 1 aliphatic carbocycles. The Morgan fingerprint density at radius 1 is 1.35 bits per heavy atom. The van der Waals surface area contributed by atoms with Crippen molar-refractivity contribution < 1.29 is 14.0 Å². The van der Waals surface area contributed by atoms with Crippen molar-refractivity contribution in [3.8, 4) is 0 Å². The fourth-order valence-electron chi connectivity index (χ4n) is 1.38. The summed E-state index contributed by atoms with van der Waals surface area (Å²) < 4.78 is 13.4. The Hall–Kier alpha value is -1.95. The summed E-state index contributed by atoms with van der Waals surface area (Å²) in [5.41, 5.74) is 9.88. The molecule has 17 heavy (non-hydrogen) atoms. The van der Waals surface area contributed by atoms with Crippen LogP contribution in [-0.2, 0) is 4.79 Å². The Bertz CT molecular complexity index is 497. The van der Waals surface area contributed by atoms with Gasteiger partial charge in [0, 0.05) is 5.56 Å². The minimum absolute atomic E-state index is 0.0805. The molecule has 0 saturated heterocycles. The summed E-state index contributed by atoms with van der Waals surface area (Å²) in [7, 11) is 0. The van der Waals surface area contributed by atoms with Gasteiger partial charge in [0.2, 0.25) is 11.8 Å². The van der Waals surface area contributed by atoms with Crippen molar-refractivity contribution >= 4 is 17.5 Å². The molecule has 0 spiro atoms. The number of primary amides is 1.